The smallest absolute Gasteiger partial charge is 0.0544 e. The van der Waals surface area contributed by atoms with Gasteiger partial charge in [0, 0.05) is 21.7 Å². The van der Waals surface area contributed by atoms with Crippen LogP contribution in [0.25, 0.3) is 32.6 Å². The van der Waals surface area contributed by atoms with E-state index >= 15 is 0 Å². The summed E-state index contributed by atoms with van der Waals surface area (Å²) in [5.41, 5.74) is 4.01. The Hall–Kier alpha value is -2.28. The molecule has 1 N–H and O–H groups in total. The lowest BCUT2D eigenvalue weighted by atomic mass is 10.0. The van der Waals surface area contributed by atoms with Crippen LogP contribution in [0.1, 0.15) is 89.5 Å². The molecule has 0 unspecified atom stereocenters. The Kier molecular flexibility index (Phi) is 8.04. The molecule has 0 aliphatic heterocycles. The molecule has 3 aromatic carbocycles. The number of H-pyrrole nitrogens is 1. The predicted octanol–water partition coefficient (Wildman–Crippen LogP) is 9.72. The fourth-order valence-electron chi connectivity index (χ4n) is 5.01. The van der Waals surface area contributed by atoms with E-state index in [4.69, 9.17) is 0 Å². The molecule has 4 aromatic rings. The summed E-state index contributed by atoms with van der Waals surface area (Å²) in [5.74, 6) is 0. The minimum absolute atomic E-state index is 1.20. The largest absolute Gasteiger partial charge is 0.354 e. The normalized spacial score (nSPS) is 11.8. The monoisotopic (exact) mass is 413 g/mol. The third-order valence-corrected chi connectivity index (χ3v) is 6.88. The van der Waals surface area contributed by atoms with Crippen LogP contribution in [-0.2, 0) is 6.42 Å². The van der Waals surface area contributed by atoms with E-state index in [2.05, 4.69) is 66.5 Å². The highest BCUT2D eigenvalue weighted by Crippen LogP contribution is 2.32. The molecule has 31 heavy (non-hydrogen) atoms. The molecule has 0 saturated carbocycles. The Morgan fingerprint density at radius 2 is 1.26 bits per heavy atom. The van der Waals surface area contributed by atoms with Gasteiger partial charge in [-0.1, -0.05) is 120 Å². The number of benzene rings is 3. The lowest BCUT2D eigenvalue weighted by molar-refractivity contribution is 0.544. The Morgan fingerprint density at radius 3 is 2.00 bits per heavy atom. The molecule has 164 valence electrons. The van der Waals surface area contributed by atoms with Crippen LogP contribution in [0.3, 0.4) is 0 Å². The van der Waals surface area contributed by atoms with Crippen LogP contribution in [0.4, 0.5) is 0 Å². The van der Waals surface area contributed by atoms with Crippen molar-refractivity contribution in [2.24, 2.45) is 0 Å². The fourth-order valence-corrected chi connectivity index (χ4v) is 5.01. The van der Waals surface area contributed by atoms with Crippen molar-refractivity contribution in [3.05, 3.63) is 60.2 Å². The van der Waals surface area contributed by atoms with E-state index in [9.17, 15) is 0 Å². The van der Waals surface area contributed by atoms with Gasteiger partial charge in [-0.2, -0.15) is 0 Å². The standard InChI is InChI=1S/C30H39N/c1-2-3-4-5-6-7-8-9-10-11-12-13-16-24-19-22-29-28(23-24)27-21-20-25-17-14-15-18-26(25)30(27)31-29/h14-15,17-23,31H,2-13,16H2,1H3. The zero-order valence-electron chi connectivity index (χ0n) is 19.4. The minimum atomic E-state index is 1.20. The van der Waals surface area contributed by atoms with Crippen molar-refractivity contribution in [2.75, 3.05) is 0 Å². The van der Waals surface area contributed by atoms with Gasteiger partial charge in [-0.05, 0) is 35.9 Å². The third-order valence-electron chi connectivity index (χ3n) is 6.88. The molecular formula is C30H39N. The number of unbranched alkanes of at least 4 members (excludes halogenated alkanes) is 11. The summed E-state index contributed by atoms with van der Waals surface area (Å²) in [6.45, 7) is 2.29. The first-order chi connectivity index (χ1) is 15.4. The van der Waals surface area contributed by atoms with Gasteiger partial charge in [0.15, 0.2) is 0 Å². The van der Waals surface area contributed by atoms with Crippen LogP contribution < -0.4 is 0 Å². The SMILES string of the molecule is CCCCCCCCCCCCCCc1ccc2[nH]c3c4ccccc4ccc3c2c1. The number of aryl methyl sites for hydroxylation is 1. The molecule has 0 bridgehead atoms. The van der Waals surface area contributed by atoms with Gasteiger partial charge < -0.3 is 4.98 Å². The summed E-state index contributed by atoms with van der Waals surface area (Å²) in [6, 6.07) is 20.2. The maximum absolute atomic E-state index is 3.66. The van der Waals surface area contributed by atoms with Gasteiger partial charge in [0.05, 0.1) is 5.52 Å². The highest BCUT2D eigenvalue weighted by atomic mass is 14.7. The average molecular weight is 414 g/mol. The second-order valence-corrected chi connectivity index (χ2v) is 9.35. The molecule has 4 rings (SSSR count). The topological polar surface area (TPSA) is 15.8 Å². The van der Waals surface area contributed by atoms with Crippen molar-refractivity contribution >= 4 is 32.6 Å². The number of hydrogen-bond acceptors (Lipinski definition) is 0. The second kappa shape index (κ2) is 11.4. The highest BCUT2D eigenvalue weighted by Gasteiger charge is 2.08. The van der Waals surface area contributed by atoms with E-state index in [1.807, 2.05) is 0 Å². The van der Waals surface area contributed by atoms with E-state index < -0.39 is 0 Å². The van der Waals surface area contributed by atoms with Crippen molar-refractivity contribution in [3.63, 3.8) is 0 Å². The maximum Gasteiger partial charge on any atom is 0.0544 e. The Labute approximate surface area is 188 Å². The van der Waals surface area contributed by atoms with Gasteiger partial charge in [0.1, 0.15) is 0 Å². The predicted molar refractivity (Wildman–Crippen MR) is 138 cm³/mol. The van der Waals surface area contributed by atoms with Gasteiger partial charge in [-0.25, -0.2) is 0 Å². The molecular weight excluding hydrogens is 374 g/mol. The summed E-state index contributed by atoms with van der Waals surface area (Å²) in [7, 11) is 0. The minimum Gasteiger partial charge on any atom is -0.354 e. The summed E-state index contributed by atoms with van der Waals surface area (Å²) >= 11 is 0. The fraction of sp³-hybridized carbons (Fsp3) is 0.467. The first kappa shape index (κ1) is 21.9. The van der Waals surface area contributed by atoms with Crippen molar-refractivity contribution in [2.45, 2.75) is 90.4 Å². The molecule has 1 nitrogen and oxygen atoms in total. The van der Waals surface area contributed by atoms with E-state index in [1.165, 1.54) is 122 Å². The van der Waals surface area contributed by atoms with Crippen molar-refractivity contribution in [3.8, 4) is 0 Å². The van der Waals surface area contributed by atoms with Crippen LogP contribution in [-0.4, -0.2) is 4.98 Å². The summed E-state index contributed by atoms with van der Waals surface area (Å²) < 4.78 is 0. The van der Waals surface area contributed by atoms with Gasteiger partial charge in [-0.15, -0.1) is 0 Å². The molecule has 1 aromatic heterocycles. The number of nitrogens with one attached hydrogen (secondary N) is 1. The first-order valence-corrected chi connectivity index (χ1v) is 12.8. The maximum atomic E-state index is 3.66. The Balaban J connectivity index is 1.23. The zero-order chi connectivity index (χ0) is 21.3. The van der Waals surface area contributed by atoms with Crippen molar-refractivity contribution in [1.82, 2.24) is 4.98 Å². The first-order valence-electron chi connectivity index (χ1n) is 12.8. The lowest BCUT2D eigenvalue weighted by Crippen LogP contribution is -1.87. The Bertz CT molecular complexity index is 1090. The summed E-state index contributed by atoms with van der Waals surface area (Å²) in [6.07, 6.45) is 18.1. The van der Waals surface area contributed by atoms with Crippen LogP contribution in [0.5, 0.6) is 0 Å². The van der Waals surface area contributed by atoms with Gasteiger partial charge in [0.2, 0.25) is 0 Å². The van der Waals surface area contributed by atoms with E-state index in [0.29, 0.717) is 0 Å². The molecule has 0 fully saturated rings. The molecule has 0 aliphatic carbocycles. The molecule has 0 aliphatic rings. The summed E-state index contributed by atoms with van der Waals surface area (Å²) in [4.78, 5) is 3.66. The number of rotatable bonds is 13. The van der Waals surface area contributed by atoms with Crippen LogP contribution in [0.15, 0.2) is 54.6 Å². The Morgan fingerprint density at radius 1 is 0.581 bits per heavy atom. The summed E-state index contributed by atoms with van der Waals surface area (Å²) in [5, 5.41) is 5.35. The van der Waals surface area contributed by atoms with Crippen LogP contribution in [0.2, 0.25) is 0 Å². The van der Waals surface area contributed by atoms with E-state index in [-0.39, 0.29) is 0 Å². The molecule has 0 saturated heterocycles. The molecule has 0 atom stereocenters. The number of fused-ring (bicyclic) bond motifs is 5. The quantitative estimate of drug-likeness (QED) is 0.210. The number of aromatic amines is 1. The van der Waals surface area contributed by atoms with Gasteiger partial charge in [0.25, 0.3) is 0 Å². The average Bonchev–Trinajstić information content (AvgIpc) is 3.18. The zero-order valence-corrected chi connectivity index (χ0v) is 19.4. The molecule has 0 amide bonds. The molecule has 0 radical (unpaired) electrons. The van der Waals surface area contributed by atoms with E-state index in [1.54, 1.807) is 0 Å². The third kappa shape index (κ3) is 5.70. The number of hydrogen-bond donors (Lipinski definition) is 1. The molecule has 1 heterocycles. The lowest BCUT2D eigenvalue weighted by Gasteiger charge is -2.04. The molecule has 1 heteroatoms. The number of aromatic nitrogens is 1. The van der Waals surface area contributed by atoms with Crippen molar-refractivity contribution < 1.29 is 0 Å². The van der Waals surface area contributed by atoms with Crippen LogP contribution in [0, 0.1) is 0 Å². The molecule has 0 spiro atoms. The van der Waals surface area contributed by atoms with Crippen LogP contribution >= 0.6 is 0 Å². The van der Waals surface area contributed by atoms with E-state index in [0.717, 1.165) is 0 Å². The van der Waals surface area contributed by atoms with Crippen molar-refractivity contribution in [1.29, 1.82) is 0 Å². The van der Waals surface area contributed by atoms with Gasteiger partial charge >= 0.3 is 0 Å². The highest BCUT2D eigenvalue weighted by molar-refractivity contribution is 6.16. The second-order valence-electron chi connectivity index (χ2n) is 9.35. The van der Waals surface area contributed by atoms with Gasteiger partial charge in [-0.3, -0.25) is 0 Å².